The second kappa shape index (κ2) is 8.70. The van der Waals surface area contributed by atoms with Gasteiger partial charge in [-0.3, -0.25) is 20.4 Å². The monoisotopic (exact) mass is 423 g/mol. The molecule has 28 heavy (non-hydrogen) atoms. The Bertz CT molecular complexity index is 973. The first-order valence-electron chi connectivity index (χ1n) is 8.42. The molecule has 0 bridgehead atoms. The predicted octanol–water partition coefficient (Wildman–Crippen LogP) is 1.44. The van der Waals surface area contributed by atoms with E-state index in [2.05, 4.69) is 10.9 Å². The second-order valence-electron chi connectivity index (χ2n) is 5.96. The molecule has 0 aliphatic carbocycles. The van der Waals surface area contributed by atoms with Gasteiger partial charge in [-0.25, -0.2) is 8.42 Å². The van der Waals surface area contributed by atoms with Crippen LogP contribution in [0.3, 0.4) is 0 Å². The molecule has 0 radical (unpaired) electrons. The van der Waals surface area contributed by atoms with Crippen LogP contribution in [0.4, 0.5) is 0 Å². The van der Waals surface area contributed by atoms with Crippen molar-refractivity contribution in [3.8, 4) is 0 Å². The number of morpholine rings is 1. The SMILES string of the molecule is O=C(NNC(=O)c1cccc(S(=O)(=O)N2CCOCC2)c1)c1ccc(Cl)cc1. The Morgan fingerprint density at radius 1 is 0.929 bits per heavy atom. The van der Waals surface area contributed by atoms with E-state index in [1.807, 2.05) is 0 Å². The number of hydrogen-bond donors (Lipinski definition) is 2. The van der Waals surface area contributed by atoms with E-state index >= 15 is 0 Å². The second-order valence-corrected chi connectivity index (χ2v) is 8.33. The van der Waals surface area contributed by atoms with Crippen molar-refractivity contribution in [2.45, 2.75) is 4.90 Å². The summed E-state index contributed by atoms with van der Waals surface area (Å²) in [6.45, 7) is 1.18. The predicted molar refractivity (Wildman–Crippen MR) is 102 cm³/mol. The van der Waals surface area contributed by atoms with Gasteiger partial charge in [-0.1, -0.05) is 17.7 Å². The molecule has 1 heterocycles. The third kappa shape index (κ3) is 4.68. The van der Waals surface area contributed by atoms with Crippen LogP contribution >= 0.6 is 11.6 Å². The van der Waals surface area contributed by atoms with E-state index in [1.165, 1.54) is 40.7 Å². The molecule has 1 aliphatic heterocycles. The molecule has 2 aromatic rings. The highest BCUT2D eigenvalue weighted by Crippen LogP contribution is 2.18. The van der Waals surface area contributed by atoms with Gasteiger partial charge >= 0.3 is 0 Å². The quantitative estimate of drug-likeness (QED) is 0.724. The summed E-state index contributed by atoms with van der Waals surface area (Å²) in [7, 11) is -3.72. The number of sulfonamides is 1. The Hall–Kier alpha value is -2.46. The molecule has 2 amide bonds. The zero-order valence-electron chi connectivity index (χ0n) is 14.7. The molecular weight excluding hydrogens is 406 g/mol. The normalized spacial score (nSPS) is 15.0. The molecule has 2 aromatic carbocycles. The zero-order chi connectivity index (χ0) is 20.1. The van der Waals surface area contributed by atoms with Gasteiger partial charge in [0, 0.05) is 29.2 Å². The molecule has 0 atom stereocenters. The maximum Gasteiger partial charge on any atom is 0.269 e. The lowest BCUT2D eigenvalue weighted by atomic mass is 10.2. The Kier molecular flexibility index (Phi) is 6.30. The van der Waals surface area contributed by atoms with Crippen LogP contribution in [-0.4, -0.2) is 50.8 Å². The summed E-state index contributed by atoms with van der Waals surface area (Å²) in [6, 6.07) is 11.8. The largest absolute Gasteiger partial charge is 0.379 e. The van der Waals surface area contributed by atoms with Gasteiger partial charge in [-0.2, -0.15) is 4.31 Å². The molecular formula is C18H18ClN3O5S. The van der Waals surface area contributed by atoms with Crippen molar-refractivity contribution in [2.24, 2.45) is 0 Å². The van der Waals surface area contributed by atoms with Crippen molar-refractivity contribution in [3.63, 3.8) is 0 Å². The molecule has 1 aliphatic rings. The first-order chi connectivity index (χ1) is 13.4. The van der Waals surface area contributed by atoms with Gasteiger partial charge in [0.2, 0.25) is 10.0 Å². The maximum absolute atomic E-state index is 12.7. The Balaban J connectivity index is 1.68. The van der Waals surface area contributed by atoms with Gasteiger partial charge < -0.3 is 4.74 Å². The fourth-order valence-electron chi connectivity index (χ4n) is 2.59. The van der Waals surface area contributed by atoms with Crippen LogP contribution < -0.4 is 10.9 Å². The van der Waals surface area contributed by atoms with E-state index in [-0.39, 0.29) is 23.5 Å². The zero-order valence-corrected chi connectivity index (χ0v) is 16.3. The minimum Gasteiger partial charge on any atom is -0.379 e. The lowest BCUT2D eigenvalue weighted by Gasteiger charge is -2.26. The number of halogens is 1. The number of ether oxygens (including phenoxy) is 1. The average molecular weight is 424 g/mol. The molecule has 1 fully saturated rings. The minimum atomic E-state index is -3.72. The first kappa shape index (κ1) is 20.3. The van der Waals surface area contributed by atoms with Crippen LogP contribution in [0.1, 0.15) is 20.7 Å². The van der Waals surface area contributed by atoms with Crippen molar-refractivity contribution >= 4 is 33.4 Å². The van der Waals surface area contributed by atoms with Crippen molar-refractivity contribution in [3.05, 3.63) is 64.7 Å². The lowest BCUT2D eigenvalue weighted by Crippen LogP contribution is -2.42. The summed E-state index contributed by atoms with van der Waals surface area (Å²) < 4.78 is 31.9. The highest BCUT2D eigenvalue weighted by Gasteiger charge is 2.26. The molecule has 148 valence electrons. The molecule has 0 saturated carbocycles. The van der Waals surface area contributed by atoms with Gasteiger partial charge in [0.1, 0.15) is 0 Å². The van der Waals surface area contributed by atoms with E-state index < -0.39 is 21.8 Å². The third-order valence-electron chi connectivity index (χ3n) is 4.10. The number of nitrogens with zero attached hydrogens (tertiary/aromatic N) is 1. The first-order valence-corrected chi connectivity index (χ1v) is 10.2. The van der Waals surface area contributed by atoms with Gasteiger partial charge in [-0.05, 0) is 42.5 Å². The van der Waals surface area contributed by atoms with E-state index in [9.17, 15) is 18.0 Å². The summed E-state index contributed by atoms with van der Waals surface area (Å²) >= 11 is 5.77. The number of carbonyl (C=O) groups is 2. The van der Waals surface area contributed by atoms with Gasteiger partial charge in [-0.15, -0.1) is 0 Å². The number of benzene rings is 2. The third-order valence-corrected chi connectivity index (χ3v) is 6.25. The van der Waals surface area contributed by atoms with E-state index in [1.54, 1.807) is 12.1 Å². The lowest BCUT2D eigenvalue weighted by molar-refractivity contribution is 0.0730. The van der Waals surface area contributed by atoms with Crippen LogP contribution in [0.5, 0.6) is 0 Å². The van der Waals surface area contributed by atoms with Crippen molar-refractivity contribution in [2.75, 3.05) is 26.3 Å². The van der Waals surface area contributed by atoms with Crippen LogP contribution in [-0.2, 0) is 14.8 Å². The van der Waals surface area contributed by atoms with Gasteiger partial charge in [0.05, 0.1) is 18.1 Å². The molecule has 0 unspecified atom stereocenters. The highest BCUT2D eigenvalue weighted by molar-refractivity contribution is 7.89. The highest BCUT2D eigenvalue weighted by atomic mass is 35.5. The molecule has 8 nitrogen and oxygen atoms in total. The summed E-state index contributed by atoms with van der Waals surface area (Å²) in [5, 5.41) is 0.485. The van der Waals surface area contributed by atoms with E-state index in [0.29, 0.717) is 23.8 Å². The van der Waals surface area contributed by atoms with Crippen LogP contribution in [0.25, 0.3) is 0 Å². The van der Waals surface area contributed by atoms with E-state index in [0.717, 1.165) is 0 Å². The molecule has 2 N–H and O–H groups in total. The summed E-state index contributed by atoms with van der Waals surface area (Å²) in [6.07, 6.45) is 0. The average Bonchev–Trinajstić information content (AvgIpc) is 2.73. The summed E-state index contributed by atoms with van der Waals surface area (Å²) in [5.41, 5.74) is 4.97. The van der Waals surface area contributed by atoms with Gasteiger partial charge in [0.15, 0.2) is 0 Å². The van der Waals surface area contributed by atoms with Crippen molar-refractivity contribution < 1.29 is 22.7 Å². The number of hydrazine groups is 1. The Morgan fingerprint density at radius 3 is 2.18 bits per heavy atom. The van der Waals surface area contributed by atoms with Crippen LogP contribution in [0, 0.1) is 0 Å². The van der Waals surface area contributed by atoms with Crippen molar-refractivity contribution in [1.82, 2.24) is 15.2 Å². The molecule has 3 rings (SSSR count). The molecule has 0 spiro atoms. The fourth-order valence-corrected chi connectivity index (χ4v) is 4.17. The number of nitrogens with one attached hydrogen (secondary N) is 2. The topological polar surface area (TPSA) is 105 Å². The number of hydrogen-bond acceptors (Lipinski definition) is 5. The smallest absolute Gasteiger partial charge is 0.269 e. The number of amides is 2. The molecule has 1 saturated heterocycles. The summed E-state index contributed by atoms with van der Waals surface area (Å²) in [4.78, 5) is 24.4. The fraction of sp³-hybridized carbons (Fsp3) is 0.222. The van der Waals surface area contributed by atoms with Crippen LogP contribution in [0.2, 0.25) is 5.02 Å². The Morgan fingerprint density at radius 2 is 1.54 bits per heavy atom. The minimum absolute atomic E-state index is 0.00563. The van der Waals surface area contributed by atoms with Gasteiger partial charge in [0.25, 0.3) is 11.8 Å². The number of rotatable bonds is 4. The van der Waals surface area contributed by atoms with E-state index in [4.69, 9.17) is 16.3 Å². The molecule has 0 aromatic heterocycles. The number of carbonyl (C=O) groups excluding carboxylic acids is 2. The molecule has 10 heteroatoms. The standard InChI is InChI=1S/C18H18ClN3O5S/c19-15-6-4-13(5-7-15)17(23)20-21-18(24)14-2-1-3-16(12-14)28(25,26)22-8-10-27-11-9-22/h1-7,12H,8-11H2,(H,20,23)(H,21,24). The maximum atomic E-state index is 12.7. The summed E-state index contributed by atoms with van der Waals surface area (Å²) in [5.74, 6) is -1.16. The Labute approximate surface area is 167 Å². The van der Waals surface area contributed by atoms with Crippen LogP contribution in [0.15, 0.2) is 53.4 Å². The van der Waals surface area contributed by atoms with Crippen molar-refractivity contribution in [1.29, 1.82) is 0 Å².